The lowest BCUT2D eigenvalue weighted by atomic mass is 9.91. The van der Waals surface area contributed by atoms with E-state index in [2.05, 4.69) is 22.8 Å². The predicted molar refractivity (Wildman–Crippen MR) is 256 cm³/mol. The Labute approximate surface area is 405 Å². The first-order chi connectivity index (χ1) is 33.7. The van der Waals surface area contributed by atoms with E-state index in [0.717, 1.165) is 36.8 Å². The van der Waals surface area contributed by atoms with Gasteiger partial charge in [-0.25, -0.2) is 9.59 Å². The van der Waals surface area contributed by atoms with E-state index < -0.39 is 17.7 Å². The van der Waals surface area contributed by atoms with Gasteiger partial charge in [-0.3, -0.25) is 4.79 Å². The van der Waals surface area contributed by atoms with Crippen LogP contribution in [-0.2, 0) is 18.0 Å². The third-order valence-corrected chi connectivity index (χ3v) is 10.4. The minimum Gasteiger partial charge on any atom is -0.489 e. The minimum absolute atomic E-state index is 0.00111. The summed E-state index contributed by atoms with van der Waals surface area (Å²) in [7, 11) is 0. The molecule has 1 aliphatic rings. The Morgan fingerprint density at radius 1 is 0.529 bits per heavy atom. The van der Waals surface area contributed by atoms with Gasteiger partial charge in [-0.15, -0.1) is 0 Å². The fourth-order valence-electron chi connectivity index (χ4n) is 7.13. The van der Waals surface area contributed by atoms with Gasteiger partial charge in [-0.2, -0.15) is 21.0 Å². The second-order valence-corrected chi connectivity index (χ2v) is 17.0. The zero-order valence-electron chi connectivity index (χ0n) is 38.6. The second-order valence-electron chi connectivity index (χ2n) is 17.0. The van der Waals surface area contributed by atoms with Crippen molar-refractivity contribution in [2.75, 3.05) is 0 Å². The fraction of sp³-hybridized carbons (Fsp3) is 0.218. The van der Waals surface area contributed by atoms with Gasteiger partial charge >= 0.3 is 12.1 Å². The van der Waals surface area contributed by atoms with Crippen molar-refractivity contribution in [2.45, 2.75) is 77.4 Å². The van der Waals surface area contributed by atoms with Crippen molar-refractivity contribution in [2.24, 2.45) is 0 Å². The van der Waals surface area contributed by atoms with E-state index in [1.54, 1.807) is 103 Å². The Morgan fingerprint density at radius 2 is 0.929 bits per heavy atom. The second kappa shape index (κ2) is 23.9. The Bertz CT molecular complexity index is 2860. The van der Waals surface area contributed by atoms with E-state index in [9.17, 15) is 30.0 Å². The highest BCUT2D eigenvalue weighted by molar-refractivity contribution is 5.95. The molecular weight excluding hydrogens is 889 g/mol. The van der Waals surface area contributed by atoms with Crippen LogP contribution in [-0.4, -0.2) is 40.8 Å². The lowest BCUT2D eigenvalue weighted by Gasteiger charge is -2.30. The van der Waals surface area contributed by atoms with Crippen molar-refractivity contribution in [3.63, 3.8) is 0 Å². The summed E-state index contributed by atoms with van der Waals surface area (Å²) in [5, 5.41) is 51.7. The molecule has 1 saturated carbocycles. The Morgan fingerprint density at radius 3 is 1.36 bits per heavy atom. The number of nitriles is 4. The van der Waals surface area contributed by atoms with E-state index in [4.69, 9.17) is 34.2 Å². The molecule has 1 aliphatic carbocycles. The van der Waals surface area contributed by atoms with Crippen LogP contribution in [0.15, 0.2) is 133 Å². The van der Waals surface area contributed by atoms with Crippen molar-refractivity contribution in [3.8, 4) is 58.8 Å². The predicted octanol–water partition coefficient (Wildman–Crippen LogP) is 10.9. The molecule has 0 spiro atoms. The number of carbonyl (C=O) groups excluding carboxylic acids is 2. The lowest BCUT2D eigenvalue weighted by Crippen LogP contribution is -2.45. The number of carboxylic acid groups (broad SMARTS) is 1. The monoisotopic (exact) mass is 936 g/mol. The van der Waals surface area contributed by atoms with Gasteiger partial charge in [0.2, 0.25) is 0 Å². The number of amides is 2. The van der Waals surface area contributed by atoms with E-state index >= 15 is 0 Å². The standard InChI is InChI=1S/C34H36N4O5.C21H12N2O4/c1-34(2,3)43-33(40)38-29-12-10-28(11-13-29)37-32(39)27-16-30(41-21-25-8-4-6-23(14-25)19-35)18-31(17-27)42-22-26-9-5-7-24(15-26)20-36;22-12-14-3-1-5-17(7-14)26-19-9-16(21(24)25)10-20(11-19)27-18-6-2-4-15(8-18)13-23/h4-9,14-18,28-29H,10-13,21-22H2,1-3H3,(H,37,39)(H,38,40);1-11H,(H,24,25). The number of ether oxygens (including phenoxy) is 5. The molecule has 0 radical (unpaired) electrons. The largest absolute Gasteiger partial charge is 0.489 e. The van der Waals surface area contributed by atoms with Crippen LogP contribution in [0.3, 0.4) is 0 Å². The van der Waals surface area contributed by atoms with Crippen LogP contribution in [0.2, 0.25) is 0 Å². The highest BCUT2D eigenvalue weighted by atomic mass is 16.6. The third kappa shape index (κ3) is 15.7. The highest BCUT2D eigenvalue weighted by Gasteiger charge is 2.26. The van der Waals surface area contributed by atoms with Crippen LogP contribution in [0, 0.1) is 45.3 Å². The number of rotatable bonds is 14. The summed E-state index contributed by atoms with van der Waals surface area (Å²) in [6, 6.07) is 44.8. The maximum absolute atomic E-state index is 13.4. The van der Waals surface area contributed by atoms with E-state index in [1.165, 1.54) is 18.2 Å². The van der Waals surface area contributed by atoms with Crippen LogP contribution in [0.25, 0.3) is 0 Å². The third-order valence-electron chi connectivity index (χ3n) is 10.4. The van der Waals surface area contributed by atoms with Gasteiger partial charge in [-0.05, 0) is 143 Å². The summed E-state index contributed by atoms with van der Waals surface area (Å²) >= 11 is 0. The summed E-state index contributed by atoms with van der Waals surface area (Å²) < 4.78 is 28.8. The number of hydrogen-bond donors (Lipinski definition) is 3. The van der Waals surface area contributed by atoms with Gasteiger partial charge < -0.3 is 39.4 Å². The van der Waals surface area contributed by atoms with Crippen molar-refractivity contribution in [3.05, 3.63) is 178 Å². The number of hydrogen-bond acceptors (Lipinski definition) is 12. The topological polar surface area (TPSA) is 237 Å². The van der Waals surface area contributed by atoms with Crippen molar-refractivity contribution < 1.29 is 43.2 Å². The number of alkyl carbamates (subject to hydrolysis) is 1. The van der Waals surface area contributed by atoms with Crippen molar-refractivity contribution >= 4 is 18.0 Å². The summed E-state index contributed by atoms with van der Waals surface area (Å²) in [6.45, 7) is 5.90. The maximum Gasteiger partial charge on any atom is 0.407 e. The zero-order chi connectivity index (χ0) is 50.0. The number of carboxylic acids is 1. The molecule has 0 atom stereocenters. The molecule has 3 N–H and O–H groups in total. The number of carbonyl (C=O) groups is 3. The molecular formula is C55H48N6O9. The number of aromatic carboxylic acids is 1. The summed E-state index contributed by atoms with van der Waals surface area (Å²) in [5.41, 5.74) is 3.37. The molecule has 0 unspecified atom stereocenters. The molecule has 7 rings (SSSR count). The van der Waals surface area contributed by atoms with Gasteiger partial charge in [-0.1, -0.05) is 36.4 Å². The lowest BCUT2D eigenvalue weighted by molar-refractivity contribution is 0.0487. The molecule has 0 aliphatic heterocycles. The smallest absolute Gasteiger partial charge is 0.407 e. The zero-order valence-corrected chi connectivity index (χ0v) is 38.6. The molecule has 6 aromatic carbocycles. The Hall–Kier alpha value is -9.31. The first-order valence-corrected chi connectivity index (χ1v) is 22.1. The van der Waals surface area contributed by atoms with Crippen LogP contribution >= 0.6 is 0 Å². The normalized spacial score (nSPS) is 13.7. The summed E-state index contributed by atoms with van der Waals surface area (Å²) in [6.07, 6.45) is 2.46. The van der Waals surface area contributed by atoms with Crippen LogP contribution < -0.4 is 29.6 Å². The minimum atomic E-state index is -1.14. The average molecular weight is 937 g/mol. The maximum atomic E-state index is 13.4. The molecule has 0 bridgehead atoms. The van der Waals surface area contributed by atoms with Gasteiger partial charge in [0.25, 0.3) is 5.91 Å². The molecule has 1 fully saturated rings. The number of benzene rings is 6. The molecule has 70 heavy (non-hydrogen) atoms. The molecule has 0 aromatic heterocycles. The number of nitrogens with one attached hydrogen (secondary N) is 2. The quantitative estimate of drug-likeness (QED) is 0.0922. The first kappa shape index (κ1) is 50.1. The van der Waals surface area contributed by atoms with E-state index in [1.807, 2.05) is 45.0 Å². The average Bonchev–Trinajstić information content (AvgIpc) is 3.35. The van der Waals surface area contributed by atoms with Crippen molar-refractivity contribution in [1.82, 2.24) is 10.6 Å². The van der Waals surface area contributed by atoms with Gasteiger partial charge in [0.1, 0.15) is 53.3 Å². The van der Waals surface area contributed by atoms with Crippen LogP contribution in [0.5, 0.6) is 34.5 Å². The first-order valence-electron chi connectivity index (χ1n) is 22.1. The molecule has 352 valence electrons. The molecule has 6 aromatic rings. The van der Waals surface area contributed by atoms with Crippen molar-refractivity contribution in [1.29, 1.82) is 21.0 Å². The van der Waals surface area contributed by atoms with Gasteiger partial charge in [0.15, 0.2) is 0 Å². The summed E-state index contributed by atoms with van der Waals surface area (Å²) in [4.78, 5) is 36.9. The molecule has 15 nitrogen and oxygen atoms in total. The summed E-state index contributed by atoms with van der Waals surface area (Å²) in [5.74, 6) is 0.789. The molecule has 2 amide bonds. The molecule has 0 saturated heterocycles. The van der Waals surface area contributed by atoms with Crippen LogP contribution in [0.1, 0.15) is 101 Å². The van der Waals surface area contributed by atoms with E-state index in [0.29, 0.717) is 50.8 Å². The molecule has 15 heteroatoms. The van der Waals surface area contributed by atoms with Gasteiger partial charge in [0, 0.05) is 29.8 Å². The number of nitrogens with zero attached hydrogens (tertiary/aromatic N) is 4. The highest BCUT2D eigenvalue weighted by Crippen LogP contribution is 2.32. The van der Waals surface area contributed by atoms with Crippen LogP contribution in [0.4, 0.5) is 4.79 Å². The fourth-order valence-corrected chi connectivity index (χ4v) is 7.13. The SMILES string of the molecule is CC(C)(C)OC(=O)NC1CCC(NC(=O)c2cc(OCc3cccc(C#N)c3)cc(OCc3cccc(C#N)c3)c2)CC1.N#Cc1cccc(Oc2cc(Oc3cccc(C#N)c3)cc(C(=O)O)c2)c1. The Kier molecular flexibility index (Phi) is 17.1. The van der Waals surface area contributed by atoms with Gasteiger partial charge in [0.05, 0.1) is 52.1 Å². The Balaban J connectivity index is 0.000000255. The molecule has 0 heterocycles. The van der Waals surface area contributed by atoms with E-state index in [-0.39, 0.29) is 48.3 Å².